The number of esters is 1. The van der Waals surface area contributed by atoms with Gasteiger partial charge in [-0.25, -0.2) is 0 Å². The van der Waals surface area contributed by atoms with Crippen molar-refractivity contribution >= 4 is 5.97 Å². The topological polar surface area (TPSA) is 56.8 Å². The summed E-state index contributed by atoms with van der Waals surface area (Å²) in [6.45, 7) is 3.42. The number of hydrogen-bond donors (Lipinski definition) is 1. The predicted octanol–water partition coefficient (Wildman–Crippen LogP) is 1.11. The van der Waals surface area contributed by atoms with E-state index in [2.05, 4.69) is 10.1 Å². The maximum absolute atomic E-state index is 11.3. The zero-order chi connectivity index (χ0) is 13.0. The van der Waals surface area contributed by atoms with Gasteiger partial charge < -0.3 is 19.5 Å². The normalized spacial score (nSPS) is 15.0. The third-order valence-electron chi connectivity index (χ3n) is 2.80. The lowest BCUT2D eigenvalue weighted by molar-refractivity contribution is -0.142. The van der Waals surface area contributed by atoms with Crippen LogP contribution in [0.5, 0.6) is 11.5 Å². The largest absolute Gasteiger partial charge is 0.486 e. The van der Waals surface area contributed by atoms with Crippen LogP contribution in [-0.4, -0.2) is 32.3 Å². The number of rotatable bonds is 4. The highest BCUT2D eigenvalue weighted by atomic mass is 16.6. The standard InChI is InChI=1S/C13H17NO4/c1-9(13(15)16-2)14-8-10-4-3-5-11-12(10)18-7-6-17-11/h3-5,9,14H,6-8H2,1-2H3. The van der Waals surface area contributed by atoms with Crippen LogP contribution in [-0.2, 0) is 16.1 Å². The Morgan fingerprint density at radius 1 is 1.44 bits per heavy atom. The Morgan fingerprint density at radius 2 is 2.22 bits per heavy atom. The van der Waals surface area contributed by atoms with Crippen LogP contribution in [0.15, 0.2) is 18.2 Å². The van der Waals surface area contributed by atoms with Gasteiger partial charge in [-0.1, -0.05) is 12.1 Å². The second-order valence-corrected chi connectivity index (χ2v) is 4.07. The van der Waals surface area contributed by atoms with Crippen molar-refractivity contribution in [2.24, 2.45) is 0 Å². The number of hydrogen-bond acceptors (Lipinski definition) is 5. The Kier molecular flexibility index (Phi) is 4.04. The van der Waals surface area contributed by atoms with Crippen molar-refractivity contribution in [3.05, 3.63) is 23.8 Å². The van der Waals surface area contributed by atoms with Gasteiger partial charge in [0.05, 0.1) is 7.11 Å². The fourth-order valence-corrected chi connectivity index (χ4v) is 1.80. The number of nitrogens with one attached hydrogen (secondary N) is 1. The number of carbonyl (C=O) groups is 1. The van der Waals surface area contributed by atoms with E-state index in [-0.39, 0.29) is 12.0 Å². The van der Waals surface area contributed by atoms with Crippen LogP contribution in [0.25, 0.3) is 0 Å². The van der Waals surface area contributed by atoms with Crippen molar-refractivity contribution in [3.63, 3.8) is 0 Å². The molecule has 98 valence electrons. The van der Waals surface area contributed by atoms with Crippen LogP contribution in [0.3, 0.4) is 0 Å². The van der Waals surface area contributed by atoms with Crippen LogP contribution in [0, 0.1) is 0 Å². The number of ether oxygens (including phenoxy) is 3. The molecule has 0 fully saturated rings. The van der Waals surface area contributed by atoms with E-state index < -0.39 is 0 Å². The Morgan fingerprint density at radius 3 is 3.00 bits per heavy atom. The maximum Gasteiger partial charge on any atom is 0.322 e. The number of methoxy groups -OCH3 is 1. The van der Waals surface area contributed by atoms with Gasteiger partial charge in [0.25, 0.3) is 0 Å². The van der Waals surface area contributed by atoms with E-state index in [1.807, 2.05) is 18.2 Å². The molecular weight excluding hydrogens is 234 g/mol. The van der Waals surface area contributed by atoms with E-state index in [1.54, 1.807) is 6.92 Å². The fraction of sp³-hybridized carbons (Fsp3) is 0.462. The molecule has 1 aromatic carbocycles. The van der Waals surface area contributed by atoms with Crippen LogP contribution in [0.2, 0.25) is 0 Å². The zero-order valence-electron chi connectivity index (χ0n) is 10.6. The second-order valence-electron chi connectivity index (χ2n) is 4.07. The number of para-hydroxylation sites is 1. The zero-order valence-corrected chi connectivity index (χ0v) is 10.6. The van der Waals surface area contributed by atoms with Crippen molar-refractivity contribution in [3.8, 4) is 11.5 Å². The summed E-state index contributed by atoms with van der Waals surface area (Å²) >= 11 is 0. The quantitative estimate of drug-likeness (QED) is 0.812. The first-order chi connectivity index (χ1) is 8.72. The highest BCUT2D eigenvalue weighted by Gasteiger charge is 2.17. The van der Waals surface area contributed by atoms with Gasteiger partial charge in [-0.3, -0.25) is 4.79 Å². The molecule has 0 aliphatic carbocycles. The van der Waals surface area contributed by atoms with Crippen molar-refractivity contribution in [2.45, 2.75) is 19.5 Å². The number of benzene rings is 1. The van der Waals surface area contributed by atoms with Crippen molar-refractivity contribution in [2.75, 3.05) is 20.3 Å². The molecule has 0 spiro atoms. The monoisotopic (exact) mass is 251 g/mol. The lowest BCUT2D eigenvalue weighted by Crippen LogP contribution is -2.34. The minimum atomic E-state index is -0.352. The molecule has 1 unspecified atom stereocenters. The molecule has 0 aromatic heterocycles. The Bertz CT molecular complexity index is 433. The van der Waals surface area contributed by atoms with Crippen LogP contribution in [0.1, 0.15) is 12.5 Å². The van der Waals surface area contributed by atoms with Gasteiger partial charge in [-0.05, 0) is 13.0 Å². The Hall–Kier alpha value is -1.75. The minimum Gasteiger partial charge on any atom is -0.486 e. The lowest BCUT2D eigenvalue weighted by atomic mass is 10.1. The van der Waals surface area contributed by atoms with Gasteiger partial charge in [0.1, 0.15) is 19.3 Å². The molecule has 5 heteroatoms. The van der Waals surface area contributed by atoms with Gasteiger partial charge >= 0.3 is 5.97 Å². The molecule has 18 heavy (non-hydrogen) atoms. The van der Waals surface area contributed by atoms with E-state index in [9.17, 15) is 4.79 Å². The van der Waals surface area contributed by atoms with Crippen LogP contribution >= 0.6 is 0 Å². The van der Waals surface area contributed by atoms with Gasteiger partial charge in [-0.2, -0.15) is 0 Å². The van der Waals surface area contributed by atoms with Crippen molar-refractivity contribution in [1.29, 1.82) is 0 Å². The lowest BCUT2D eigenvalue weighted by Gasteiger charge is -2.21. The van der Waals surface area contributed by atoms with E-state index >= 15 is 0 Å². The summed E-state index contributed by atoms with van der Waals surface area (Å²) < 4.78 is 15.7. The summed E-state index contributed by atoms with van der Waals surface area (Å²) in [6.07, 6.45) is 0. The smallest absolute Gasteiger partial charge is 0.322 e. The molecule has 1 aliphatic heterocycles. The summed E-state index contributed by atoms with van der Waals surface area (Å²) in [4.78, 5) is 11.3. The van der Waals surface area contributed by atoms with E-state index in [0.717, 1.165) is 17.1 Å². The van der Waals surface area contributed by atoms with Gasteiger partial charge in [0.15, 0.2) is 11.5 Å². The molecule has 1 N–H and O–H groups in total. The fourth-order valence-electron chi connectivity index (χ4n) is 1.80. The Labute approximate surface area is 106 Å². The summed E-state index contributed by atoms with van der Waals surface area (Å²) in [5, 5.41) is 3.09. The average Bonchev–Trinajstić information content (AvgIpc) is 2.43. The van der Waals surface area contributed by atoms with Crippen molar-refractivity contribution in [1.82, 2.24) is 5.32 Å². The minimum absolute atomic E-state index is 0.281. The maximum atomic E-state index is 11.3. The van der Waals surface area contributed by atoms with Crippen LogP contribution < -0.4 is 14.8 Å². The summed E-state index contributed by atoms with van der Waals surface area (Å²) in [6, 6.07) is 5.38. The van der Waals surface area contributed by atoms with E-state index in [4.69, 9.17) is 9.47 Å². The highest BCUT2D eigenvalue weighted by Crippen LogP contribution is 2.33. The average molecular weight is 251 g/mol. The molecule has 0 amide bonds. The Balaban J connectivity index is 2.03. The molecule has 1 aromatic rings. The second kappa shape index (κ2) is 5.73. The van der Waals surface area contributed by atoms with Crippen molar-refractivity contribution < 1.29 is 19.0 Å². The number of fused-ring (bicyclic) bond motifs is 1. The first-order valence-electron chi connectivity index (χ1n) is 5.91. The molecule has 1 heterocycles. The summed E-state index contributed by atoms with van der Waals surface area (Å²) in [5.74, 6) is 1.23. The van der Waals surface area contributed by atoms with Crippen LogP contribution in [0.4, 0.5) is 0 Å². The molecule has 0 bridgehead atoms. The molecule has 1 aliphatic rings. The third-order valence-corrected chi connectivity index (χ3v) is 2.80. The molecule has 1 atom stereocenters. The molecule has 5 nitrogen and oxygen atoms in total. The van der Waals surface area contributed by atoms with Gasteiger partial charge in [0.2, 0.25) is 0 Å². The van der Waals surface area contributed by atoms with Gasteiger partial charge in [-0.15, -0.1) is 0 Å². The van der Waals surface area contributed by atoms with E-state index in [0.29, 0.717) is 19.8 Å². The third kappa shape index (κ3) is 2.73. The predicted molar refractivity (Wildman–Crippen MR) is 65.7 cm³/mol. The highest BCUT2D eigenvalue weighted by molar-refractivity contribution is 5.75. The first kappa shape index (κ1) is 12.7. The SMILES string of the molecule is COC(=O)C(C)NCc1cccc2c1OCCO2. The van der Waals surface area contributed by atoms with Gasteiger partial charge in [0, 0.05) is 12.1 Å². The van der Waals surface area contributed by atoms with E-state index in [1.165, 1.54) is 7.11 Å². The summed E-state index contributed by atoms with van der Waals surface area (Å²) in [5.41, 5.74) is 0.975. The first-order valence-corrected chi connectivity index (χ1v) is 5.91. The summed E-state index contributed by atoms with van der Waals surface area (Å²) in [7, 11) is 1.38. The molecule has 0 saturated carbocycles. The molecular formula is C13H17NO4. The molecule has 0 saturated heterocycles. The number of carbonyl (C=O) groups excluding carboxylic acids is 1. The molecule has 0 radical (unpaired) electrons. The molecule has 2 rings (SSSR count).